The van der Waals surface area contributed by atoms with Gasteiger partial charge in [-0.25, -0.2) is 0 Å². The molecular weight excluding hydrogens is 314 g/mol. The number of aromatic amines is 1. The van der Waals surface area contributed by atoms with Crippen molar-refractivity contribution in [2.45, 2.75) is 38.0 Å². The molecule has 1 aliphatic carbocycles. The first-order chi connectivity index (χ1) is 12.2. The highest BCUT2D eigenvalue weighted by atomic mass is 16.2. The summed E-state index contributed by atoms with van der Waals surface area (Å²) in [6.07, 6.45) is 10.6. The second-order valence-electron chi connectivity index (χ2n) is 7.08. The predicted octanol–water partition coefficient (Wildman–Crippen LogP) is 2.99. The molecule has 25 heavy (non-hydrogen) atoms. The molecule has 1 saturated heterocycles. The van der Waals surface area contributed by atoms with E-state index in [0.29, 0.717) is 17.3 Å². The van der Waals surface area contributed by atoms with E-state index in [-0.39, 0.29) is 11.5 Å². The summed E-state index contributed by atoms with van der Waals surface area (Å²) >= 11 is 0. The number of nitrogens with one attached hydrogen (secondary N) is 1. The smallest absolute Gasteiger partial charge is 0.274 e. The Kier molecular flexibility index (Phi) is 4.38. The number of allylic oxidation sites excluding steroid dienone is 2. The molecule has 1 N–H and O–H groups in total. The zero-order valence-electron chi connectivity index (χ0n) is 14.3. The van der Waals surface area contributed by atoms with Crippen LogP contribution in [0.3, 0.4) is 0 Å². The first kappa shape index (κ1) is 16.1. The molecule has 0 bridgehead atoms. The zero-order chi connectivity index (χ0) is 17.2. The minimum absolute atomic E-state index is 0.124. The van der Waals surface area contributed by atoms with Crippen LogP contribution in [0.2, 0.25) is 0 Å². The van der Waals surface area contributed by atoms with Crippen LogP contribution < -0.4 is 5.56 Å². The molecular formula is C20H23N3O2. The van der Waals surface area contributed by atoms with Gasteiger partial charge in [0.15, 0.2) is 0 Å². The standard InChI is InChI=1S/C20H23N3O2/c24-19-18-16(7-4-10-21-18)13-17(22-19)14-8-11-23(12-9-14)20(25)15-5-2-1-3-6-15/h1-2,4,7,10,13-15H,3,5-6,8-9,11-12H2,(H,22,24). The third kappa shape index (κ3) is 3.23. The summed E-state index contributed by atoms with van der Waals surface area (Å²) < 4.78 is 0. The lowest BCUT2D eigenvalue weighted by molar-refractivity contribution is -0.136. The fraction of sp³-hybridized carbons (Fsp3) is 0.450. The van der Waals surface area contributed by atoms with Gasteiger partial charge in [0.1, 0.15) is 5.52 Å². The number of aromatic nitrogens is 2. The largest absolute Gasteiger partial charge is 0.342 e. The highest BCUT2D eigenvalue weighted by Crippen LogP contribution is 2.29. The van der Waals surface area contributed by atoms with E-state index < -0.39 is 0 Å². The zero-order valence-corrected chi connectivity index (χ0v) is 14.3. The van der Waals surface area contributed by atoms with E-state index in [1.807, 2.05) is 23.1 Å². The minimum atomic E-state index is -0.124. The van der Waals surface area contributed by atoms with E-state index in [4.69, 9.17) is 0 Å². The Morgan fingerprint density at radius 2 is 2.04 bits per heavy atom. The van der Waals surface area contributed by atoms with Gasteiger partial charge in [0, 0.05) is 42.2 Å². The van der Waals surface area contributed by atoms with Crippen molar-refractivity contribution < 1.29 is 4.79 Å². The van der Waals surface area contributed by atoms with Crippen molar-refractivity contribution in [1.29, 1.82) is 0 Å². The number of fused-ring (bicyclic) bond motifs is 1. The van der Waals surface area contributed by atoms with Gasteiger partial charge in [0.2, 0.25) is 5.91 Å². The molecule has 0 radical (unpaired) electrons. The van der Waals surface area contributed by atoms with Crippen molar-refractivity contribution in [3.63, 3.8) is 0 Å². The van der Waals surface area contributed by atoms with E-state index in [1.54, 1.807) is 6.20 Å². The first-order valence-electron chi connectivity index (χ1n) is 9.14. The summed E-state index contributed by atoms with van der Waals surface area (Å²) in [5.74, 6) is 0.764. The van der Waals surface area contributed by atoms with Gasteiger partial charge < -0.3 is 9.88 Å². The molecule has 2 aromatic heterocycles. The normalized spacial score (nSPS) is 21.6. The Morgan fingerprint density at radius 3 is 2.80 bits per heavy atom. The van der Waals surface area contributed by atoms with Crippen LogP contribution in [0.25, 0.3) is 10.9 Å². The molecule has 5 nitrogen and oxygen atoms in total. The van der Waals surface area contributed by atoms with Gasteiger partial charge in [-0.05, 0) is 44.2 Å². The van der Waals surface area contributed by atoms with Crippen molar-refractivity contribution in [2.24, 2.45) is 5.92 Å². The van der Waals surface area contributed by atoms with E-state index in [0.717, 1.165) is 56.3 Å². The van der Waals surface area contributed by atoms with Crippen molar-refractivity contribution >= 4 is 16.8 Å². The number of hydrogen-bond acceptors (Lipinski definition) is 3. The number of amides is 1. The van der Waals surface area contributed by atoms with Crippen molar-refractivity contribution in [2.75, 3.05) is 13.1 Å². The maximum Gasteiger partial charge on any atom is 0.274 e. The number of rotatable bonds is 2. The summed E-state index contributed by atoms with van der Waals surface area (Å²) in [5.41, 5.74) is 1.34. The second kappa shape index (κ2) is 6.82. The van der Waals surface area contributed by atoms with Crippen LogP contribution in [-0.2, 0) is 4.79 Å². The molecule has 0 saturated carbocycles. The van der Waals surface area contributed by atoms with Gasteiger partial charge in [-0.2, -0.15) is 0 Å². The van der Waals surface area contributed by atoms with Crippen LogP contribution in [0.15, 0.2) is 41.3 Å². The number of likely N-dealkylation sites (tertiary alicyclic amines) is 1. The molecule has 1 amide bonds. The van der Waals surface area contributed by atoms with Crippen molar-refractivity contribution in [3.8, 4) is 0 Å². The van der Waals surface area contributed by atoms with E-state index >= 15 is 0 Å². The van der Waals surface area contributed by atoms with Crippen LogP contribution in [0.4, 0.5) is 0 Å². The van der Waals surface area contributed by atoms with Crippen LogP contribution in [-0.4, -0.2) is 33.9 Å². The fourth-order valence-electron chi connectivity index (χ4n) is 4.02. The molecule has 1 aliphatic heterocycles. The average Bonchev–Trinajstić information content (AvgIpc) is 2.68. The predicted molar refractivity (Wildman–Crippen MR) is 97.4 cm³/mol. The van der Waals surface area contributed by atoms with Crippen LogP contribution in [0, 0.1) is 5.92 Å². The lowest BCUT2D eigenvalue weighted by Gasteiger charge is -2.34. The Labute approximate surface area is 146 Å². The third-order valence-corrected chi connectivity index (χ3v) is 5.49. The summed E-state index contributed by atoms with van der Waals surface area (Å²) in [6.45, 7) is 1.55. The first-order valence-corrected chi connectivity index (χ1v) is 9.14. The number of piperidine rings is 1. The molecule has 0 aromatic carbocycles. The number of carbonyl (C=O) groups is 1. The van der Waals surface area contributed by atoms with Gasteiger partial charge in [-0.1, -0.05) is 18.2 Å². The Balaban J connectivity index is 1.46. The monoisotopic (exact) mass is 337 g/mol. The molecule has 2 aromatic rings. The van der Waals surface area contributed by atoms with E-state index in [1.165, 1.54) is 0 Å². The van der Waals surface area contributed by atoms with Gasteiger partial charge >= 0.3 is 0 Å². The van der Waals surface area contributed by atoms with Gasteiger partial charge in [-0.3, -0.25) is 14.6 Å². The molecule has 4 rings (SSSR count). The number of nitrogens with zero attached hydrogens (tertiary/aromatic N) is 2. The molecule has 1 unspecified atom stereocenters. The maximum atomic E-state index is 12.7. The molecule has 3 heterocycles. The topological polar surface area (TPSA) is 66.1 Å². The van der Waals surface area contributed by atoms with Crippen LogP contribution in [0.5, 0.6) is 0 Å². The van der Waals surface area contributed by atoms with Gasteiger partial charge in [0.05, 0.1) is 0 Å². The molecule has 2 aliphatic rings. The summed E-state index contributed by atoms with van der Waals surface area (Å²) in [6, 6.07) is 5.82. The lowest BCUT2D eigenvalue weighted by Crippen LogP contribution is -2.41. The number of pyridine rings is 2. The van der Waals surface area contributed by atoms with Gasteiger partial charge in [0.25, 0.3) is 5.56 Å². The highest BCUT2D eigenvalue weighted by Gasteiger charge is 2.29. The van der Waals surface area contributed by atoms with E-state index in [9.17, 15) is 9.59 Å². The van der Waals surface area contributed by atoms with Gasteiger partial charge in [-0.15, -0.1) is 0 Å². The second-order valence-corrected chi connectivity index (χ2v) is 7.08. The van der Waals surface area contributed by atoms with Crippen LogP contribution in [0.1, 0.15) is 43.7 Å². The maximum absolute atomic E-state index is 12.7. The summed E-state index contributed by atoms with van der Waals surface area (Å²) in [4.78, 5) is 34.0. The number of hydrogen-bond donors (Lipinski definition) is 1. The Hall–Kier alpha value is -2.43. The third-order valence-electron chi connectivity index (χ3n) is 5.49. The average molecular weight is 337 g/mol. The number of carbonyl (C=O) groups excluding carboxylic acids is 1. The Morgan fingerprint density at radius 1 is 1.20 bits per heavy atom. The van der Waals surface area contributed by atoms with Crippen molar-refractivity contribution in [3.05, 3.63) is 52.6 Å². The molecule has 130 valence electrons. The van der Waals surface area contributed by atoms with Crippen LogP contribution >= 0.6 is 0 Å². The quantitative estimate of drug-likeness (QED) is 0.857. The molecule has 1 fully saturated rings. The van der Waals surface area contributed by atoms with Crippen molar-refractivity contribution in [1.82, 2.24) is 14.9 Å². The fourth-order valence-corrected chi connectivity index (χ4v) is 4.02. The molecule has 5 heteroatoms. The highest BCUT2D eigenvalue weighted by molar-refractivity contribution is 5.79. The summed E-state index contributed by atoms with van der Waals surface area (Å²) in [7, 11) is 0. The number of H-pyrrole nitrogens is 1. The Bertz CT molecular complexity index is 863. The molecule has 1 atom stereocenters. The summed E-state index contributed by atoms with van der Waals surface area (Å²) in [5, 5.41) is 0.883. The SMILES string of the molecule is O=C(C1CC=CCC1)N1CCC(c2cc3cccnc3c(=O)[nH]2)CC1. The minimum Gasteiger partial charge on any atom is -0.342 e. The molecule has 0 spiro atoms. The van der Waals surface area contributed by atoms with E-state index in [2.05, 4.69) is 22.1 Å². The lowest BCUT2D eigenvalue weighted by atomic mass is 9.89.